The maximum absolute atomic E-state index is 14.6. The highest BCUT2D eigenvalue weighted by atomic mass is 35.5. The molecule has 5 aromatic rings. The van der Waals surface area contributed by atoms with Crippen molar-refractivity contribution in [3.05, 3.63) is 107 Å². The number of rotatable bonds is 5. The first-order chi connectivity index (χ1) is 18.6. The van der Waals surface area contributed by atoms with Crippen LogP contribution in [-0.2, 0) is 6.18 Å². The average molecular weight is 555 g/mol. The van der Waals surface area contributed by atoms with Gasteiger partial charge in [-0.1, -0.05) is 11.6 Å². The molecule has 0 spiro atoms. The van der Waals surface area contributed by atoms with Gasteiger partial charge in [0.15, 0.2) is 11.6 Å². The van der Waals surface area contributed by atoms with Crippen LogP contribution in [0.2, 0.25) is 5.02 Å². The van der Waals surface area contributed by atoms with E-state index >= 15 is 0 Å². The van der Waals surface area contributed by atoms with Crippen molar-refractivity contribution in [1.29, 1.82) is 0 Å². The molecule has 0 atom stereocenters. The number of fused-ring (bicyclic) bond motifs is 1. The Labute approximate surface area is 222 Å². The molecule has 3 aromatic carbocycles. The van der Waals surface area contributed by atoms with Gasteiger partial charge in [0.2, 0.25) is 0 Å². The summed E-state index contributed by atoms with van der Waals surface area (Å²) in [6.07, 6.45) is 1.62. The minimum atomic E-state index is -4.72. The molecule has 8 nitrogen and oxygen atoms in total. The van der Waals surface area contributed by atoms with E-state index in [1.165, 1.54) is 30.6 Å². The normalized spacial score (nSPS) is 11.4. The number of imidazole rings is 1. The molecular weight excluding hydrogens is 540 g/mol. The molecule has 0 aliphatic heterocycles. The maximum Gasteiger partial charge on any atom is 0.417 e. The third-order valence-corrected chi connectivity index (χ3v) is 5.89. The van der Waals surface area contributed by atoms with E-state index in [4.69, 9.17) is 11.6 Å². The number of ketones is 1. The number of benzene rings is 3. The maximum atomic E-state index is 14.6. The van der Waals surface area contributed by atoms with Gasteiger partial charge in [0.25, 0.3) is 0 Å². The minimum Gasteiger partial charge on any atom is -0.308 e. The molecule has 2 aromatic heterocycles. The van der Waals surface area contributed by atoms with Gasteiger partial charge in [-0.15, -0.1) is 0 Å². The van der Waals surface area contributed by atoms with E-state index in [0.717, 1.165) is 18.2 Å². The van der Waals surface area contributed by atoms with Crippen molar-refractivity contribution in [1.82, 2.24) is 19.5 Å². The van der Waals surface area contributed by atoms with Crippen molar-refractivity contribution in [2.24, 2.45) is 0 Å². The summed E-state index contributed by atoms with van der Waals surface area (Å²) in [5.41, 5.74) is -0.562. The fourth-order valence-electron chi connectivity index (χ4n) is 3.71. The Kier molecular flexibility index (Phi) is 6.71. The van der Waals surface area contributed by atoms with Gasteiger partial charge >= 0.3 is 12.2 Å². The van der Waals surface area contributed by atoms with Gasteiger partial charge in [-0.2, -0.15) is 13.2 Å². The van der Waals surface area contributed by atoms with Crippen molar-refractivity contribution in [3.8, 4) is 5.82 Å². The number of nitrogens with zero attached hydrogens (tertiary/aromatic N) is 4. The number of amides is 2. The molecular formula is C26H15ClF4N6O2. The van der Waals surface area contributed by atoms with Crippen LogP contribution in [0.1, 0.15) is 21.5 Å². The SMILES string of the molecule is O=C(Nc1ccc(F)c(C(=O)c2ccc3ncc(-n4ccnc4)nc3c2)c1)Nc1ccc(Cl)c(C(F)(F)F)c1. The smallest absolute Gasteiger partial charge is 0.308 e. The molecule has 2 amide bonds. The van der Waals surface area contributed by atoms with Crippen LogP contribution in [0.5, 0.6) is 0 Å². The first-order valence-corrected chi connectivity index (χ1v) is 11.5. The van der Waals surface area contributed by atoms with Crippen LogP contribution >= 0.6 is 11.6 Å². The topological polar surface area (TPSA) is 102 Å². The van der Waals surface area contributed by atoms with Crippen LogP contribution in [0, 0.1) is 5.82 Å². The Morgan fingerprint density at radius 3 is 2.38 bits per heavy atom. The highest BCUT2D eigenvalue weighted by Gasteiger charge is 2.33. The van der Waals surface area contributed by atoms with Crippen molar-refractivity contribution >= 4 is 45.8 Å². The van der Waals surface area contributed by atoms with Gasteiger partial charge < -0.3 is 10.6 Å². The van der Waals surface area contributed by atoms with E-state index in [1.807, 2.05) is 0 Å². The molecule has 13 heteroatoms. The summed E-state index contributed by atoms with van der Waals surface area (Å²) in [5, 5.41) is 4.11. The number of halogens is 5. The summed E-state index contributed by atoms with van der Waals surface area (Å²) in [5.74, 6) is -1.05. The zero-order chi connectivity index (χ0) is 27.7. The van der Waals surface area contributed by atoms with E-state index in [0.29, 0.717) is 22.9 Å². The van der Waals surface area contributed by atoms with Crippen LogP contribution in [0.15, 0.2) is 79.5 Å². The Balaban J connectivity index is 1.37. The third kappa shape index (κ3) is 5.55. The second-order valence-electron chi connectivity index (χ2n) is 8.20. The lowest BCUT2D eigenvalue weighted by Crippen LogP contribution is -2.20. The zero-order valence-corrected chi connectivity index (χ0v) is 20.3. The second-order valence-corrected chi connectivity index (χ2v) is 8.60. The molecule has 5 rings (SSSR count). The standard InChI is InChI=1S/C26H15ClF4N6O2/c27-19-4-2-16(11-18(19)26(29,30)31)35-25(39)34-15-3-5-20(28)17(10-15)24(38)14-1-6-21-22(9-14)36-23(12-33-21)37-8-7-32-13-37/h1-13H,(H2,34,35,39). The Hall–Kier alpha value is -4.84. The van der Waals surface area contributed by atoms with E-state index in [2.05, 4.69) is 25.6 Å². The summed E-state index contributed by atoms with van der Waals surface area (Å²) in [6, 6.07) is 9.80. The molecule has 0 fully saturated rings. The van der Waals surface area contributed by atoms with Crippen molar-refractivity contribution in [2.75, 3.05) is 10.6 Å². The molecule has 0 saturated carbocycles. The van der Waals surface area contributed by atoms with Crippen molar-refractivity contribution in [3.63, 3.8) is 0 Å². The fraction of sp³-hybridized carbons (Fsp3) is 0.0385. The summed E-state index contributed by atoms with van der Waals surface area (Å²) in [6.45, 7) is 0. The zero-order valence-electron chi connectivity index (χ0n) is 19.5. The predicted octanol–water partition coefficient (Wildman–Crippen LogP) is 6.50. The van der Waals surface area contributed by atoms with Gasteiger partial charge in [-0.3, -0.25) is 14.3 Å². The summed E-state index contributed by atoms with van der Waals surface area (Å²) in [7, 11) is 0. The predicted molar refractivity (Wildman–Crippen MR) is 136 cm³/mol. The Morgan fingerprint density at radius 1 is 0.923 bits per heavy atom. The van der Waals surface area contributed by atoms with Gasteiger partial charge in [0, 0.05) is 29.3 Å². The van der Waals surface area contributed by atoms with Crippen molar-refractivity contribution < 1.29 is 27.2 Å². The number of alkyl halides is 3. The Morgan fingerprint density at radius 2 is 1.67 bits per heavy atom. The van der Waals surface area contributed by atoms with Crippen LogP contribution in [0.25, 0.3) is 16.9 Å². The number of urea groups is 1. The number of hydrogen-bond donors (Lipinski definition) is 2. The lowest BCUT2D eigenvalue weighted by atomic mass is 10.0. The lowest BCUT2D eigenvalue weighted by molar-refractivity contribution is -0.137. The number of hydrogen-bond acceptors (Lipinski definition) is 5. The molecule has 196 valence electrons. The number of nitrogens with one attached hydrogen (secondary N) is 2. The molecule has 2 N–H and O–H groups in total. The highest BCUT2D eigenvalue weighted by Crippen LogP contribution is 2.36. The first-order valence-electron chi connectivity index (χ1n) is 11.1. The van der Waals surface area contributed by atoms with Crippen LogP contribution in [0.3, 0.4) is 0 Å². The fourth-order valence-corrected chi connectivity index (χ4v) is 3.93. The minimum absolute atomic E-state index is 0.0326. The molecule has 2 heterocycles. The van der Waals surface area contributed by atoms with Gasteiger partial charge in [0.05, 0.1) is 33.4 Å². The summed E-state index contributed by atoms with van der Waals surface area (Å²) in [4.78, 5) is 38.3. The first kappa shape index (κ1) is 25.8. The average Bonchev–Trinajstić information content (AvgIpc) is 3.44. The number of carbonyl (C=O) groups excluding carboxylic acids is 2. The summed E-state index contributed by atoms with van der Waals surface area (Å²) >= 11 is 5.60. The van der Waals surface area contributed by atoms with E-state index in [-0.39, 0.29) is 22.5 Å². The molecule has 0 aliphatic rings. The quantitative estimate of drug-likeness (QED) is 0.191. The third-order valence-electron chi connectivity index (χ3n) is 5.56. The molecule has 0 aliphatic carbocycles. The molecule has 0 saturated heterocycles. The summed E-state index contributed by atoms with van der Waals surface area (Å²) < 4.78 is 55.5. The van der Waals surface area contributed by atoms with E-state index in [9.17, 15) is 27.2 Å². The largest absolute Gasteiger partial charge is 0.417 e. The Bertz CT molecular complexity index is 1720. The molecule has 0 radical (unpaired) electrons. The van der Waals surface area contributed by atoms with E-state index in [1.54, 1.807) is 29.2 Å². The number of carbonyl (C=O) groups is 2. The highest BCUT2D eigenvalue weighted by molar-refractivity contribution is 6.31. The lowest BCUT2D eigenvalue weighted by Gasteiger charge is -2.13. The molecule has 39 heavy (non-hydrogen) atoms. The second kappa shape index (κ2) is 10.1. The monoisotopic (exact) mass is 554 g/mol. The van der Waals surface area contributed by atoms with Gasteiger partial charge in [0.1, 0.15) is 12.1 Å². The van der Waals surface area contributed by atoms with Crippen molar-refractivity contribution in [2.45, 2.75) is 6.18 Å². The number of anilines is 2. The molecule has 0 unspecified atom stereocenters. The van der Waals surface area contributed by atoms with Gasteiger partial charge in [-0.05, 0) is 54.6 Å². The van der Waals surface area contributed by atoms with Gasteiger partial charge in [-0.25, -0.2) is 19.2 Å². The van der Waals surface area contributed by atoms with E-state index < -0.39 is 34.4 Å². The van der Waals surface area contributed by atoms with Crippen LogP contribution in [-0.4, -0.2) is 31.3 Å². The number of aromatic nitrogens is 4. The van der Waals surface area contributed by atoms with Crippen LogP contribution < -0.4 is 10.6 Å². The van der Waals surface area contributed by atoms with Crippen LogP contribution in [0.4, 0.5) is 33.7 Å². The molecule has 0 bridgehead atoms.